The second-order valence-electron chi connectivity index (χ2n) is 6.46. The molecule has 0 aliphatic carbocycles. The highest BCUT2D eigenvalue weighted by Gasteiger charge is 2.40. The Balaban J connectivity index is 1.75. The van der Waals surface area contributed by atoms with E-state index in [-0.39, 0.29) is 12.1 Å². The third-order valence-electron chi connectivity index (χ3n) is 4.90. The quantitative estimate of drug-likeness (QED) is 0.694. The van der Waals surface area contributed by atoms with Crippen LogP contribution in [0.5, 0.6) is 0 Å². The van der Waals surface area contributed by atoms with E-state index in [0.29, 0.717) is 0 Å². The summed E-state index contributed by atoms with van der Waals surface area (Å²) in [6.45, 7) is 3.87. The molecule has 1 aromatic carbocycles. The van der Waals surface area contributed by atoms with Gasteiger partial charge in [0.2, 0.25) is 0 Å². The van der Waals surface area contributed by atoms with Crippen LogP contribution in [0.25, 0.3) is 0 Å². The molecule has 0 bridgehead atoms. The van der Waals surface area contributed by atoms with Crippen LogP contribution < -0.4 is 5.32 Å². The first kappa shape index (κ1) is 16.8. The van der Waals surface area contributed by atoms with Crippen LogP contribution in [0.3, 0.4) is 0 Å². The van der Waals surface area contributed by atoms with Crippen molar-refractivity contribution in [2.24, 2.45) is 0 Å². The van der Waals surface area contributed by atoms with Crippen LogP contribution in [-0.4, -0.2) is 19.6 Å². The summed E-state index contributed by atoms with van der Waals surface area (Å²) in [4.78, 5) is 6.88. The van der Waals surface area contributed by atoms with E-state index < -0.39 is 0 Å². The topological polar surface area (TPSA) is 33.1 Å². The Labute approximate surface area is 159 Å². The summed E-state index contributed by atoms with van der Waals surface area (Å²) in [6.07, 6.45) is 3.97. The average molecular weight is 363 g/mol. The summed E-state index contributed by atoms with van der Waals surface area (Å²) in [7, 11) is 0. The van der Waals surface area contributed by atoms with Crippen molar-refractivity contribution in [3.63, 3.8) is 0 Å². The molecule has 26 heavy (non-hydrogen) atoms. The fraction of sp³-hybridized carbons (Fsp3) is 0.238. The molecular formula is C21H22N4S. The summed E-state index contributed by atoms with van der Waals surface area (Å²) in [5.74, 6) is 0. The van der Waals surface area contributed by atoms with Crippen molar-refractivity contribution in [2.45, 2.75) is 32.1 Å². The molecule has 1 N–H and O–H groups in total. The van der Waals surface area contributed by atoms with Crippen molar-refractivity contribution in [3.8, 4) is 0 Å². The Morgan fingerprint density at radius 2 is 1.85 bits per heavy atom. The van der Waals surface area contributed by atoms with Gasteiger partial charge in [0.05, 0.1) is 17.8 Å². The minimum Gasteiger partial charge on any atom is -0.352 e. The zero-order valence-electron chi connectivity index (χ0n) is 14.7. The smallest absolute Gasteiger partial charge is 0.170 e. The molecule has 0 amide bonds. The molecule has 3 aromatic rings. The van der Waals surface area contributed by atoms with Gasteiger partial charge >= 0.3 is 0 Å². The van der Waals surface area contributed by atoms with Gasteiger partial charge in [-0.15, -0.1) is 0 Å². The molecule has 1 aliphatic heterocycles. The van der Waals surface area contributed by atoms with E-state index >= 15 is 0 Å². The van der Waals surface area contributed by atoms with Gasteiger partial charge in [-0.2, -0.15) is 0 Å². The number of benzene rings is 1. The van der Waals surface area contributed by atoms with E-state index in [1.807, 2.05) is 24.4 Å². The second kappa shape index (κ2) is 7.30. The number of hydrogen-bond acceptors (Lipinski definition) is 2. The van der Waals surface area contributed by atoms with Gasteiger partial charge in [-0.05, 0) is 49.0 Å². The molecule has 4 nitrogen and oxygen atoms in total. The molecule has 0 spiro atoms. The molecular weight excluding hydrogens is 340 g/mol. The molecule has 132 valence electrons. The molecule has 2 aromatic heterocycles. The van der Waals surface area contributed by atoms with Crippen LogP contribution in [0.1, 0.15) is 36.0 Å². The van der Waals surface area contributed by atoms with E-state index in [1.165, 1.54) is 11.3 Å². The minimum atomic E-state index is 0.0348. The normalized spacial score (nSPS) is 19.6. The standard InChI is InChI=1S/C21H22N4S/c1-2-24-14-8-12-18(24)20-19(17-11-6-7-13-22-17)23-21(26)25(20)15-16-9-4-3-5-10-16/h3-14,19-20H,2,15H2,1H3,(H,23,26). The van der Waals surface area contributed by atoms with E-state index in [1.54, 1.807) is 0 Å². The Kier molecular flexibility index (Phi) is 4.71. The van der Waals surface area contributed by atoms with Gasteiger partial charge in [-0.3, -0.25) is 4.98 Å². The van der Waals surface area contributed by atoms with Gasteiger partial charge in [-0.1, -0.05) is 36.4 Å². The van der Waals surface area contributed by atoms with Gasteiger partial charge < -0.3 is 14.8 Å². The molecule has 0 radical (unpaired) electrons. The Bertz CT molecular complexity index is 875. The van der Waals surface area contributed by atoms with Crippen molar-refractivity contribution in [1.82, 2.24) is 19.8 Å². The molecule has 4 rings (SSSR count). The third-order valence-corrected chi connectivity index (χ3v) is 5.25. The minimum absolute atomic E-state index is 0.0348. The largest absolute Gasteiger partial charge is 0.352 e. The molecule has 3 heterocycles. The molecule has 1 saturated heterocycles. The van der Waals surface area contributed by atoms with Gasteiger partial charge in [-0.25, -0.2) is 0 Å². The highest BCUT2D eigenvalue weighted by Crippen LogP contribution is 2.39. The maximum absolute atomic E-state index is 5.72. The molecule has 1 fully saturated rings. The van der Waals surface area contributed by atoms with Crippen LogP contribution in [-0.2, 0) is 13.1 Å². The summed E-state index contributed by atoms with van der Waals surface area (Å²) >= 11 is 5.72. The second-order valence-corrected chi connectivity index (χ2v) is 6.85. The number of nitrogens with zero attached hydrogens (tertiary/aromatic N) is 3. The number of hydrogen-bond donors (Lipinski definition) is 1. The Hall–Kier alpha value is -2.66. The first-order valence-corrected chi connectivity index (χ1v) is 9.35. The predicted octanol–water partition coefficient (Wildman–Crippen LogP) is 4.08. The molecule has 0 saturated carbocycles. The van der Waals surface area contributed by atoms with Crippen molar-refractivity contribution in [1.29, 1.82) is 0 Å². The zero-order valence-corrected chi connectivity index (χ0v) is 15.6. The monoisotopic (exact) mass is 362 g/mol. The number of pyridine rings is 1. The van der Waals surface area contributed by atoms with Crippen molar-refractivity contribution >= 4 is 17.3 Å². The van der Waals surface area contributed by atoms with Crippen LogP contribution in [0, 0.1) is 0 Å². The van der Waals surface area contributed by atoms with E-state index in [0.717, 1.165) is 23.9 Å². The van der Waals surface area contributed by atoms with Crippen LogP contribution >= 0.6 is 12.2 Å². The van der Waals surface area contributed by atoms with E-state index in [9.17, 15) is 0 Å². The summed E-state index contributed by atoms with van der Waals surface area (Å²) in [5.41, 5.74) is 3.52. The van der Waals surface area contributed by atoms with Crippen LogP contribution in [0.4, 0.5) is 0 Å². The summed E-state index contributed by atoms with van der Waals surface area (Å²) < 4.78 is 2.29. The van der Waals surface area contributed by atoms with E-state index in [2.05, 4.69) is 75.4 Å². The number of thiocarbonyl (C=S) groups is 1. The number of rotatable bonds is 5. The van der Waals surface area contributed by atoms with Crippen LogP contribution in [0.2, 0.25) is 0 Å². The lowest BCUT2D eigenvalue weighted by Crippen LogP contribution is -2.30. The first-order chi connectivity index (χ1) is 12.8. The predicted molar refractivity (Wildman–Crippen MR) is 108 cm³/mol. The maximum Gasteiger partial charge on any atom is 0.170 e. The highest BCUT2D eigenvalue weighted by molar-refractivity contribution is 7.80. The maximum atomic E-state index is 5.72. The van der Waals surface area contributed by atoms with Gasteiger partial charge in [0, 0.05) is 31.2 Å². The van der Waals surface area contributed by atoms with Crippen LogP contribution in [0.15, 0.2) is 73.1 Å². The third kappa shape index (κ3) is 3.10. The fourth-order valence-corrected chi connectivity index (χ4v) is 3.97. The van der Waals surface area contributed by atoms with Crippen molar-refractivity contribution in [2.75, 3.05) is 0 Å². The molecule has 1 aliphatic rings. The SMILES string of the molecule is CCn1cccc1C1C(c2ccccn2)NC(=S)N1Cc1ccccc1. The molecule has 5 heteroatoms. The number of aromatic nitrogens is 2. The highest BCUT2D eigenvalue weighted by atomic mass is 32.1. The van der Waals surface area contributed by atoms with Crippen molar-refractivity contribution < 1.29 is 0 Å². The lowest BCUT2D eigenvalue weighted by atomic mass is 10.0. The number of aryl methyl sites for hydroxylation is 1. The van der Waals surface area contributed by atoms with E-state index in [4.69, 9.17) is 12.2 Å². The molecule has 2 unspecified atom stereocenters. The first-order valence-electron chi connectivity index (χ1n) is 8.95. The zero-order chi connectivity index (χ0) is 17.9. The van der Waals surface area contributed by atoms with Gasteiger partial charge in [0.1, 0.15) is 0 Å². The summed E-state index contributed by atoms with van der Waals surface area (Å²) in [6, 6.07) is 21.0. The van der Waals surface area contributed by atoms with Gasteiger partial charge in [0.15, 0.2) is 5.11 Å². The van der Waals surface area contributed by atoms with Crippen molar-refractivity contribution in [3.05, 3.63) is 90.0 Å². The summed E-state index contributed by atoms with van der Waals surface area (Å²) in [5, 5.41) is 4.29. The fourth-order valence-electron chi connectivity index (χ4n) is 3.66. The molecule has 2 atom stereocenters. The van der Waals surface area contributed by atoms with Gasteiger partial charge in [0.25, 0.3) is 0 Å². The Morgan fingerprint density at radius 3 is 2.58 bits per heavy atom. The lowest BCUT2D eigenvalue weighted by Gasteiger charge is -2.28. The number of nitrogens with one attached hydrogen (secondary N) is 1. The average Bonchev–Trinajstić information content (AvgIpc) is 3.28. The Morgan fingerprint density at radius 1 is 1.04 bits per heavy atom. The lowest BCUT2D eigenvalue weighted by molar-refractivity contribution is 0.297.